The molecule has 0 bridgehead atoms. The molecule has 0 aliphatic carbocycles. The summed E-state index contributed by atoms with van der Waals surface area (Å²) >= 11 is 1.33. The Bertz CT molecular complexity index is 956. The molecule has 0 atom stereocenters. The molecule has 0 aliphatic heterocycles. The standard InChI is InChI=1S/C19H15N3O4S/c1-25-16-10-13(11-21-22-18(23)17-5-3-9-27-17)6-7-15(16)26-19(24)14-4-2-8-20-12-14/h2-12H,1H3,(H,22,23). The molecule has 0 radical (unpaired) electrons. The molecule has 136 valence electrons. The molecule has 2 aromatic heterocycles. The lowest BCUT2D eigenvalue weighted by Gasteiger charge is -2.09. The molecule has 0 saturated carbocycles. The van der Waals surface area contributed by atoms with E-state index in [0.29, 0.717) is 21.8 Å². The van der Waals surface area contributed by atoms with Crippen molar-refractivity contribution >= 4 is 29.4 Å². The zero-order valence-corrected chi connectivity index (χ0v) is 15.1. The number of rotatable bonds is 6. The van der Waals surface area contributed by atoms with E-state index in [4.69, 9.17) is 9.47 Å². The number of nitrogens with zero attached hydrogens (tertiary/aromatic N) is 2. The number of hydrazone groups is 1. The van der Waals surface area contributed by atoms with Gasteiger partial charge in [0.15, 0.2) is 11.5 Å². The van der Waals surface area contributed by atoms with E-state index >= 15 is 0 Å². The minimum atomic E-state index is -0.536. The van der Waals surface area contributed by atoms with Gasteiger partial charge in [0.25, 0.3) is 5.91 Å². The first kappa shape index (κ1) is 18.3. The molecule has 3 aromatic rings. The Morgan fingerprint density at radius 3 is 2.78 bits per heavy atom. The van der Waals surface area contributed by atoms with E-state index in [1.54, 1.807) is 48.7 Å². The molecule has 3 rings (SSSR count). The highest BCUT2D eigenvalue weighted by Crippen LogP contribution is 2.28. The van der Waals surface area contributed by atoms with Gasteiger partial charge in [-0.1, -0.05) is 6.07 Å². The summed E-state index contributed by atoms with van der Waals surface area (Å²) in [6.07, 6.45) is 4.47. The van der Waals surface area contributed by atoms with Crippen LogP contribution in [0.5, 0.6) is 11.5 Å². The number of benzene rings is 1. The number of ether oxygens (including phenoxy) is 2. The lowest BCUT2D eigenvalue weighted by atomic mass is 10.2. The first-order chi connectivity index (χ1) is 13.2. The Labute approximate surface area is 159 Å². The normalized spacial score (nSPS) is 10.6. The Kier molecular flexibility index (Phi) is 5.91. The summed E-state index contributed by atoms with van der Waals surface area (Å²) in [5.41, 5.74) is 3.45. The van der Waals surface area contributed by atoms with Crippen molar-refractivity contribution in [3.8, 4) is 11.5 Å². The molecule has 0 aliphatic rings. The number of esters is 1. The summed E-state index contributed by atoms with van der Waals surface area (Å²) < 4.78 is 10.6. The number of amides is 1. The molecular weight excluding hydrogens is 366 g/mol. The molecule has 0 spiro atoms. The SMILES string of the molecule is COc1cc(C=NNC(=O)c2cccs2)ccc1OC(=O)c1cccnc1. The van der Waals surface area contributed by atoms with Crippen LogP contribution in [0.25, 0.3) is 0 Å². The molecule has 0 saturated heterocycles. The van der Waals surface area contributed by atoms with Gasteiger partial charge >= 0.3 is 5.97 Å². The van der Waals surface area contributed by atoms with Crippen molar-refractivity contribution in [2.45, 2.75) is 0 Å². The number of pyridine rings is 1. The average Bonchev–Trinajstić information content (AvgIpc) is 3.24. The van der Waals surface area contributed by atoms with Crippen LogP contribution in [0, 0.1) is 0 Å². The third kappa shape index (κ3) is 4.77. The van der Waals surface area contributed by atoms with Crippen LogP contribution in [0.4, 0.5) is 0 Å². The van der Waals surface area contributed by atoms with Crippen molar-refractivity contribution < 1.29 is 19.1 Å². The molecule has 1 amide bonds. The van der Waals surface area contributed by atoms with Crippen molar-refractivity contribution in [3.05, 3.63) is 76.2 Å². The highest BCUT2D eigenvalue weighted by Gasteiger charge is 2.13. The highest BCUT2D eigenvalue weighted by atomic mass is 32.1. The number of nitrogens with one attached hydrogen (secondary N) is 1. The molecule has 1 N–H and O–H groups in total. The maximum atomic E-state index is 12.1. The van der Waals surface area contributed by atoms with E-state index in [2.05, 4.69) is 15.5 Å². The molecule has 1 aromatic carbocycles. The van der Waals surface area contributed by atoms with Crippen molar-refractivity contribution in [1.29, 1.82) is 0 Å². The number of carbonyl (C=O) groups excluding carboxylic acids is 2. The quantitative estimate of drug-likeness (QED) is 0.307. The number of carbonyl (C=O) groups is 2. The Balaban J connectivity index is 1.67. The minimum absolute atomic E-state index is 0.270. The summed E-state index contributed by atoms with van der Waals surface area (Å²) in [7, 11) is 1.47. The van der Waals surface area contributed by atoms with E-state index in [1.807, 2.05) is 5.38 Å². The fourth-order valence-electron chi connectivity index (χ4n) is 2.12. The minimum Gasteiger partial charge on any atom is -0.493 e. The van der Waals surface area contributed by atoms with Crippen LogP contribution in [0.2, 0.25) is 0 Å². The molecule has 7 nitrogen and oxygen atoms in total. The number of aromatic nitrogens is 1. The predicted octanol–water partition coefficient (Wildman–Crippen LogP) is 3.13. The van der Waals surface area contributed by atoms with Crippen molar-refractivity contribution in [3.63, 3.8) is 0 Å². The van der Waals surface area contributed by atoms with E-state index in [1.165, 1.54) is 30.9 Å². The topological polar surface area (TPSA) is 89.9 Å². The van der Waals surface area contributed by atoms with E-state index < -0.39 is 5.97 Å². The lowest BCUT2D eigenvalue weighted by Crippen LogP contribution is -2.16. The Morgan fingerprint density at radius 1 is 1.19 bits per heavy atom. The lowest BCUT2D eigenvalue weighted by molar-refractivity contribution is 0.0729. The molecule has 0 unspecified atom stereocenters. The van der Waals surface area contributed by atoms with Crippen LogP contribution in [0.3, 0.4) is 0 Å². The number of thiophene rings is 1. The summed E-state index contributed by atoms with van der Waals surface area (Å²) in [5, 5.41) is 5.74. The molecule has 0 fully saturated rings. The molecule has 27 heavy (non-hydrogen) atoms. The molecule has 8 heteroatoms. The fraction of sp³-hybridized carbons (Fsp3) is 0.0526. The average molecular weight is 381 g/mol. The monoisotopic (exact) mass is 381 g/mol. The summed E-state index contributed by atoms with van der Waals surface area (Å²) in [6, 6.07) is 11.7. The predicted molar refractivity (Wildman–Crippen MR) is 102 cm³/mol. The van der Waals surface area contributed by atoms with Gasteiger partial charge in [-0.25, -0.2) is 10.2 Å². The van der Waals surface area contributed by atoms with Crippen molar-refractivity contribution in [1.82, 2.24) is 10.4 Å². The van der Waals surface area contributed by atoms with Crippen LogP contribution in [-0.4, -0.2) is 30.2 Å². The maximum Gasteiger partial charge on any atom is 0.345 e. The van der Waals surface area contributed by atoms with Gasteiger partial charge in [0.2, 0.25) is 0 Å². The zero-order valence-electron chi connectivity index (χ0n) is 14.3. The van der Waals surface area contributed by atoms with Gasteiger partial charge in [0.05, 0.1) is 23.8 Å². The van der Waals surface area contributed by atoms with Crippen molar-refractivity contribution in [2.75, 3.05) is 7.11 Å². The molecule has 2 heterocycles. The van der Waals surface area contributed by atoms with Gasteiger partial charge in [-0.05, 0) is 47.3 Å². The smallest absolute Gasteiger partial charge is 0.345 e. The third-order valence-corrected chi connectivity index (χ3v) is 4.28. The van der Waals surface area contributed by atoms with Crippen LogP contribution in [-0.2, 0) is 0 Å². The van der Waals surface area contributed by atoms with Crippen LogP contribution < -0.4 is 14.9 Å². The van der Waals surface area contributed by atoms with Crippen LogP contribution >= 0.6 is 11.3 Å². The zero-order chi connectivity index (χ0) is 19.1. The van der Waals surface area contributed by atoms with Crippen LogP contribution in [0.1, 0.15) is 25.6 Å². The number of hydrogen-bond acceptors (Lipinski definition) is 7. The Hall–Kier alpha value is -3.52. The van der Waals surface area contributed by atoms with Crippen molar-refractivity contribution in [2.24, 2.45) is 5.10 Å². The first-order valence-electron chi connectivity index (χ1n) is 7.84. The first-order valence-corrected chi connectivity index (χ1v) is 8.72. The largest absolute Gasteiger partial charge is 0.493 e. The second-order valence-electron chi connectivity index (χ2n) is 5.22. The molecular formula is C19H15N3O4S. The van der Waals surface area contributed by atoms with Gasteiger partial charge in [0.1, 0.15) is 0 Å². The van der Waals surface area contributed by atoms with E-state index in [0.717, 1.165) is 0 Å². The highest BCUT2D eigenvalue weighted by molar-refractivity contribution is 7.12. The summed E-state index contributed by atoms with van der Waals surface area (Å²) in [4.78, 5) is 28.4. The van der Waals surface area contributed by atoms with Gasteiger partial charge in [-0.15, -0.1) is 11.3 Å². The summed E-state index contributed by atoms with van der Waals surface area (Å²) in [6.45, 7) is 0. The second-order valence-corrected chi connectivity index (χ2v) is 6.17. The van der Waals surface area contributed by atoms with E-state index in [9.17, 15) is 9.59 Å². The fourth-order valence-corrected chi connectivity index (χ4v) is 2.73. The second kappa shape index (κ2) is 8.72. The summed E-state index contributed by atoms with van der Waals surface area (Å²) in [5.74, 6) is -0.187. The van der Waals surface area contributed by atoms with Gasteiger partial charge < -0.3 is 9.47 Å². The van der Waals surface area contributed by atoms with Gasteiger partial charge in [-0.3, -0.25) is 9.78 Å². The Morgan fingerprint density at radius 2 is 2.07 bits per heavy atom. The van der Waals surface area contributed by atoms with Gasteiger partial charge in [0, 0.05) is 12.4 Å². The maximum absolute atomic E-state index is 12.1. The van der Waals surface area contributed by atoms with Crippen LogP contribution in [0.15, 0.2) is 65.3 Å². The third-order valence-electron chi connectivity index (χ3n) is 3.41. The number of hydrogen-bond donors (Lipinski definition) is 1. The van der Waals surface area contributed by atoms with E-state index in [-0.39, 0.29) is 11.7 Å². The van der Waals surface area contributed by atoms with Gasteiger partial charge in [-0.2, -0.15) is 5.10 Å². The number of methoxy groups -OCH3 is 1.